The van der Waals surface area contributed by atoms with Crippen molar-refractivity contribution in [2.45, 2.75) is 91.0 Å². The van der Waals surface area contributed by atoms with Crippen molar-refractivity contribution >= 4 is 0 Å². The molecule has 1 aliphatic heterocycles. The number of nitrogens with one attached hydrogen (secondary N) is 1. The summed E-state index contributed by atoms with van der Waals surface area (Å²) in [5.41, 5.74) is 0.230. The number of rotatable bonds is 6. The molecule has 1 heterocycles. The van der Waals surface area contributed by atoms with Gasteiger partial charge in [0.1, 0.15) is 0 Å². The first-order valence-corrected chi connectivity index (χ1v) is 9.38. The maximum Gasteiger partial charge on any atom is 0.0608 e. The minimum atomic E-state index is 0.230. The van der Waals surface area contributed by atoms with Crippen LogP contribution in [0.2, 0.25) is 0 Å². The molecule has 1 aliphatic carbocycles. The molecule has 0 aromatic heterocycles. The molecule has 0 unspecified atom stereocenters. The van der Waals surface area contributed by atoms with Crippen molar-refractivity contribution in [3.8, 4) is 0 Å². The first-order chi connectivity index (χ1) is 10.2. The average molecular weight is 311 g/mol. The molecule has 2 aliphatic rings. The van der Waals surface area contributed by atoms with Gasteiger partial charge in [0, 0.05) is 31.2 Å². The highest BCUT2D eigenvalue weighted by Gasteiger charge is 2.34. The summed E-state index contributed by atoms with van der Waals surface area (Å²) < 4.78 is 6.31. The topological polar surface area (TPSA) is 24.5 Å². The molecule has 0 aromatic rings. The van der Waals surface area contributed by atoms with Gasteiger partial charge in [-0.15, -0.1) is 0 Å². The van der Waals surface area contributed by atoms with E-state index in [4.69, 9.17) is 4.74 Å². The second kappa shape index (κ2) is 7.63. The zero-order valence-electron chi connectivity index (χ0n) is 15.7. The minimum Gasteiger partial charge on any atom is -0.375 e. The molecule has 1 saturated carbocycles. The summed E-state index contributed by atoms with van der Waals surface area (Å²) in [5.74, 6) is 1.59. The number of ether oxygens (including phenoxy) is 1. The lowest BCUT2D eigenvalue weighted by atomic mass is 9.87. The first kappa shape index (κ1) is 18.2. The Labute approximate surface area is 138 Å². The molecular weight excluding hydrogens is 272 g/mol. The van der Waals surface area contributed by atoms with Crippen molar-refractivity contribution < 1.29 is 4.74 Å². The number of nitrogens with zero attached hydrogens (tertiary/aromatic N) is 1. The second-order valence-electron chi connectivity index (χ2n) is 9.04. The van der Waals surface area contributed by atoms with Gasteiger partial charge >= 0.3 is 0 Å². The standard InChI is InChI=1S/C19H38N2O/c1-14(2)15(3)13-21-9-7-17(8-10-21)22-18-11-16(12-18)20-19(4,5)6/h14-18,20H,7-13H2,1-6H3/t15-,16-,18-/m0/s1. The van der Waals surface area contributed by atoms with E-state index < -0.39 is 0 Å². The largest absolute Gasteiger partial charge is 0.375 e. The Balaban J connectivity index is 1.59. The number of piperidine rings is 1. The zero-order valence-corrected chi connectivity index (χ0v) is 15.7. The van der Waals surface area contributed by atoms with E-state index in [9.17, 15) is 0 Å². The van der Waals surface area contributed by atoms with Crippen LogP contribution in [0.5, 0.6) is 0 Å². The summed E-state index contributed by atoms with van der Waals surface area (Å²) >= 11 is 0. The minimum absolute atomic E-state index is 0.230. The Bertz CT molecular complexity index is 323. The molecule has 0 spiro atoms. The lowest BCUT2D eigenvalue weighted by Crippen LogP contribution is -2.53. The van der Waals surface area contributed by atoms with E-state index in [0.29, 0.717) is 18.2 Å². The van der Waals surface area contributed by atoms with E-state index in [1.165, 1.54) is 45.3 Å². The van der Waals surface area contributed by atoms with Gasteiger partial charge in [0.2, 0.25) is 0 Å². The summed E-state index contributed by atoms with van der Waals surface area (Å²) in [4.78, 5) is 2.63. The van der Waals surface area contributed by atoms with Crippen LogP contribution in [0, 0.1) is 11.8 Å². The molecule has 2 rings (SSSR count). The molecule has 3 nitrogen and oxygen atoms in total. The number of hydrogen-bond acceptors (Lipinski definition) is 3. The second-order valence-corrected chi connectivity index (χ2v) is 9.04. The zero-order chi connectivity index (χ0) is 16.3. The number of likely N-dealkylation sites (tertiary alicyclic amines) is 1. The van der Waals surface area contributed by atoms with Crippen LogP contribution in [-0.4, -0.2) is 48.3 Å². The highest BCUT2D eigenvalue weighted by molar-refractivity contribution is 4.91. The molecule has 1 atom stereocenters. The number of hydrogen-bond donors (Lipinski definition) is 1. The van der Waals surface area contributed by atoms with Crippen LogP contribution in [0.25, 0.3) is 0 Å². The molecule has 0 radical (unpaired) electrons. The Hall–Kier alpha value is -0.120. The van der Waals surface area contributed by atoms with Crippen LogP contribution in [0.15, 0.2) is 0 Å². The quantitative estimate of drug-likeness (QED) is 0.810. The highest BCUT2D eigenvalue weighted by Crippen LogP contribution is 2.29. The van der Waals surface area contributed by atoms with Gasteiger partial charge in [0.15, 0.2) is 0 Å². The molecule has 0 aromatic carbocycles. The molecule has 0 bridgehead atoms. The van der Waals surface area contributed by atoms with E-state index in [-0.39, 0.29) is 5.54 Å². The van der Waals surface area contributed by atoms with Crippen LogP contribution in [0.4, 0.5) is 0 Å². The van der Waals surface area contributed by atoms with E-state index in [1.807, 2.05) is 0 Å². The van der Waals surface area contributed by atoms with Crippen LogP contribution >= 0.6 is 0 Å². The predicted octanol–water partition coefficient (Wildman–Crippen LogP) is 3.68. The van der Waals surface area contributed by atoms with Crippen LogP contribution < -0.4 is 5.32 Å². The van der Waals surface area contributed by atoms with E-state index >= 15 is 0 Å². The SMILES string of the molecule is CC(C)[C@@H](C)CN1CCC(O[C@H]2C[C@H](NC(C)(C)C)C2)CC1. The summed E-state index contributed by atoms with van der Waals surface area (Å²) in [6.07, 6.45) is 5.85. The fourth-order valence-corrected chi connectivity index (χ4v) is 3.53. The van der Waals surface area contributed by atoms with Crippen LogP contribution in [-0.2, 0) is 4.74 Å². The third-order valence-electron chi connectivity index (χ3n) is 5.34. The third-order valence-corrected chi connectivity index (χ3v) is 5.34. The maximum atomic E-state index is 6.31. The van der Waals surface area contributed by atoms with Gasteiger partial charge in [-0.25, -0.2) is 0 Å². The monoisotopic (exact) mass is 310 g/mol. The molecule has 3 heteroatoms. The summed E-state index contributed by atoms with van der Waals surface area (Å²) in [7, 11) is 0. The van der Waals surface area contributed by atoms with E-state index in [1.54, 1.807) is 0 Å². The molecule has 130 valence electrons. The molecule has 1 N–H and O–H groups in total. The van der Waals surface area contributed by atoms with Gasteiger partial charge in [-0.05, 0) is 58.3 Å². The summed E-state index contributed by atoms with van der Waals surface area (Å²) in [6.45, 7) is 17.5. The van der Waals surface area contributed by atoms with E-state index in [2.05, 4.69) is 51.8 Å². The van der Waals surface area contributed by atoms with Gasteiger partial charge in [-0.3, -0.25) is 0 Å². The smallest absolute Gasteiger partial charge is 0.0608 e. The van der Waals surface area contributed by atoms with E-state index in [0.717, 1.165) is 11.8 Å². The van der Waals surface area contributed by atoms with Gasteiger partial charge in [0.05, 0.1) is 12.2 Å². The lowest BCUT2D eigenvalue weighted by molar-refractivity contribution is -0.0875. The van der Waals surface area contributed by atoms with Gasteiger partial charge in [-0.1, -0.05) is 20.8 Å². The predicted molar refractivity (Wildman–Crippen MR) is 94.2 cm³/mol. The third kappa shape index (κ3) is 5.82. The van der Waals surface area contributed by atoms with Crippen molar-refractivity contribution in [2.24, 2.45) is 11.8 Å². The first-order valence-electron chi connectivity index (χ1n) is 9.38. The molecule has 22 heavy (non-hydrogen) atoms. The average Bonchev–Trinajstić information content (AvgIpc) is 2.36. The summed E-state index contributed by atoms with van der Waals surface area (Å²) in [5, 5.41) is 3.67. The Morgan fingerprint density at radius 3 is 2.14 bits per heavy atom. The van der Waals surface area contributed by atoms with Gasteiger partial charge < -0.3 is 15.0 Å². The summed E-state index contributed by atoms with van der Waals surface area (Å²) in [6, 6.07) is 0.664. The van der Waals surface area contributed by atoms with Crippen LogP contribution in [0.3, 0.4) is 0 Å². The van der Waals surface area contributed by atoms with Crippen LogP contribution in [0.1, 0.15) is 67.2 Å². The fourth-order valence-electron chi connectivity index (χ4n) is 3.53. The van der Waals surface area contributed by atoms with Crippen molar-refractivity contribution in [2.75, 3.05) is 19.6 Å². The highest BCUT2D eigenvalue weighted by atomic mass is 16.5. The normalized spacial score (nSPS) is 29.6. The Morgan fingerprint density at radius 1 is 1.05 bits per heavy atom. The molecule has 2 fully saturated rings. The maximum absolute atomic E-state index is 6.31. The van der Waals surface area contributed by atoms with Gasteiger partial charge in [-0.2, -0.15) is 0 Å². The molecule has 1 saturated heterocycles. The van der Waals surface area contributed by atoms with Gasteiger partial charge in [0.25, 0.3) is 0 Å². The molecular formula is C19H38N2O. The Morgan fingerprint density at radius 2 is 1.64 bits per heavy atom. The Kier molecular flexibility index (Phi) is 6.32. The fraction of sp³-hybridized carbons (Fsp3) is 1.00. The van der Waals surface area contributed by atoms with Crippen molar-refractivity contribution in [1.82, 2.24) is 10.2 Å². The van der Waals surface area contributed by atoms with Crippen molar-refractivity contribution in [3.63, 3.8) is 0 Å². The molecule has 0 amide bonds. The lowest BCUT2D eigenvalue weighted by Gasteiger charge is -2.43. The van der Waals surface area contributed by atoms with Crippen molar-refractivity contribution in [1.29, 1.82) is 0 Å². The van der Waals surface area contributed by atoms with Crippen molar-refractivity contribution in [3.05, 3.63) is 0 Å².